The summed E-state index contributed by atoms with van der Waals surface area (Å²) in [5.74, 6) is -0.290. The lowest BCUT2D eigenvalue weighted by atomic mass is 10.1. The van der Waals surface area contributed by atoms with Crippen LogP contribution in [0.3, 0.4) is 0 Å². The molecule has 0 radical (unpaired) electrons. The highest BCUT2D eigenvalue weighted by Gasteiger charge is 2.34. The molecule has 1 aromatic heterocycles. The second kappa shape index (κ2) is 6.31. The van der Waals surface area contributed by atoms with Gasteiger partial charge in [-0.05, 0) is 37.1 Å². The van der Waals surface area contributed by atoms with Gasteiger partial charge in [-0.25, -0.2) is 0 Å². The number of anilines is 1. The summed E-state index contributed by atoms with van der Waals surface area (Å²) >= 11 is 3.35. The fraction of sp³-hybridized carbons (Fsp3) is 0.267. The number of hydrogen-bond donors (Lipinski definition) is 2. The van der Waals surface area contributed by atoms with Crippen LogP contribution >= 0.6 is 15.9 Å². The highest BCUT2D eigenvalue weighted by atomic mass is 79.9. The first-order valence-corrected chi connectivity index (χ1v) is 7.80. The predicted molar refractivity (Wildman–Crippen MR) is 85.4 cm³/mol. The molecule has 0 bridgehead atoms. The number of likely N-dealkylation sites (tertiary alicyclic amines) is 1. The molecule has 7 heteroatoms. The molecule has 1 fully saturated rings. The van der Waals surface area contributed by atoms with Gasteiger partial charge in [-0.2, -0.15) is 5.10 Å². The number of nitrogens with zero attached hydrogens (tertiary/aromatic N) is 2. The summed E-state index contributed by atoms with van der Waals surface area (Å²) in [7, 11) is 0. The average Bonchev–Trinajstić information content (AvgIpc) is 3.18. The van der Waals surface area contributed by atoms with Crippen LogP contribution in [0.15, 0.2) is 41.1 Å². The molecule has 2 amide bonds. The number of benzene rings is 1. The van der Waals surface area contributed by atoms with E-state index in [1.165, 1.54) is 6.20 Å². The second-order valence-corrected chi connectivity index (χ2v) is 6.06. The fourth-order valence-corrected chi connectivity index (χ4v) is 2.85. The van der Waals surface area contributed by atoms with E-state index in [4.69, 9.17) is 0 Å². The average molecular weight is 363 g/mol. The van der Waals surface area contributed by atoms with Gasteiger partial charge in [0.15, 0.2) is 0 Å². The quantitative estimate of drug-likeness (QED) is 0.879. The number of amides is 2. The van der Waals surface area contributed by atoms with Crippen LogP contribution in [0.1, 0.15) is 23.2 Å². The van der Waals surface area contributed by atoms with Gasteiger partial charge in [-0.1, -0.05) is 15.9 Å². The van der Waals surface area contributed by atoms with Crippen molar-refractivity contribution in [2.24, 2.45) is 0 Å². The normalized spacial score (nSPS) is 17.5. The Balaban J connectivity index is 1.73. The Morgan fingerprint density at radius 2 is 2.09 bits per heavy atom. The SMILES string of the molecule is O=C(Nc1cn[nH]c1)[C@H]1CCCN1C(=O)c1ccc(Br)cc1. The zero-order valence-electron chi connectivity index (χ0n) is 11.8. The van der Waals surface area contributed by atoms with Gasteiger partial charge in [0, 0.05) is 22.8 Å². The zero-order valence-corrected chi connectivity index (χ0v) is 13.3. The first-order valence-electron chi connectivity index (χ1n) is 7.01. The Kier molecular flexibility index (Phi) is 4.24. The monoisotopic (exact) mass is 362 g/mol. The lowest BCUT2D eigenvalue weighted by Crippen LogP contribution is -2.43. The minimum atomic E-state index is -0.439. The van der Waals surface area contributed by atoms with Crippen LogP contribution in [0, 0.1) is 0 Å². The summed E-state index contributed by atoms with van der Waals surface area (Å²) in [6, 6.07) is 6.73. The molecular formula is C15H15BrN4O2. The minimum Gasteiger partial charge on any atom is -0.327 e. The topological polar surface area (TPSA) is 78.1 Å². The summed E-state index contributed by atoms with van der Waals surface area (Å²) in [6.45, 7) is 0.596. The molecule has 3 rings (SSSR count). The van der Waals surface area contributed by atoms with Crippen molar-refractivity contribution >= 4 is 33.4 Å². The Bertz CT molecular complexity index is 669. The first-order chi connectivity index (χ1) is 10.6. The number of aromatic amines is 1. The predicted octanol–water partition coefficient (Wildman–Crippen LogP) is 2.42. The number of carbonyl (C=O) groups excluding carboxylic acids is 2. The molecule has 2 aromatic rings. The number of aromatic nitrogens is 2. The molecule has 1 atom stereocenters. The van der Waals surface area contributed by atoms with Crippen LogP contribution in [0.2, 0.25) is 0 Å². The molecule has 2 heterocycles. The van der Waals surface area contributed by atoms with E-state index in [1.54, 1.807) is 23.2 Å². The zero-order chi connectivity index (χ0) is 15.5. The molecule has 6 nitrogen and oxygen atoms in total. The van der Waals surface area contributed by atoms with Gasteiger partial charge in [0.05, 0.1) is 11.9 Å². The molecule has 1 aromatic carbocycles. The van der Waals surface area contributed by atoms with Crippen molar-refractivity contribution in [1.82, 2.24) is 15.1 Å². The maximum absolute atomic E-state index is 12.6. The highest BCUT2D eigenvalue weighted by molar-refractivity contribution is 9.10. The van der Waals surface area contributed by atoms with E-state index in [9.17, 15) is 9.59 Å². The lowest BCUT2D eigenvalue weighted by molar-refractivity contribution is -0.119. The summed E-state index contributed by atoms with van der Waals surface area (Å²) in [5.41, 5.74) is 1.19. The number of hydrogen-bond acceptors (Lipinski definition) is 3. The van der Waals surface area contributed by atoms with Crippen molar-refractivity contribution < 1.29 is 9.59 Å². The number of rotatable bonds is 3. The van der Waals surface area contributed by atoms with Crippen LogP contribution in [-0.2, 0) is 4.79 Å². The standard InChI is InChI=1S/C15H15BrN4O2/c16-11-5-3-10(4-6-11)15(22)20-7-1-2-13(20)14(21)19-12-8-17-18-9-12/h3-6,8-9,13H,1-2,7H2,(H,17,18)(H,19,21)/t13-/m1/s1. The molecular weight excluding hydrogens is 348 g/mol. The number of nitrogens with one attached hydrogen (secondary N) is 2. The maximum atomic E-state index is 12.6. The fourth-order valence-electron chi connectivity index (χ4n) is 2.59. The van der Waals surface area contributed by atoms with Crippen LogP contribution in [0.4, 0.5) is 5.69 Å². The van der Waals surface area contributed by atoms with E-state index in [0.29, 0.717) is 24.2 Å². The molecule has 0 saturated carbocycles. The third kappa shape index (κ3) is 3.04. The van der Waals surface area contributed by atoms with Gasteiger partial charge in [0.1, 0.15) is 6.04 Å². The van der Waals surface area contributed by atoms with E-state index in [0.717, 1.165) is 10.9 Å². The Morgan fingerprint density at radius 3 is 2.77 bits per heavy atom. The summed E-state index contributed by atoms with van der Waals surface area (Å²) < 4.78 is 0.916. The lowest BCUT2D eigenvalue weighted by Gasteiger charge is -2.23. The number of carbonyl (C=O) groups is 2. The smallest absolute Gasteiger partial charge is 0.254 e. The van der Waals surface area contributed by atoms with Crippen molar-refractivity contribution in [2.75, 3.05) is 11.9 Å². The van der Waals surface area contributed by atoms with Gasteiger partial charge in [0.2, 0.25) is 5.91 Å². The molecule has 114 valence electrons. The van der Waals surface area contributed by atoms with E-state index >= 15 is 0 Å². The van der Waals surface area contributed by atoms with Gasteiger partial charge in [-0.3, -0.25) is 14.7 Å². The van der Waals surface area contributed by atoms with Crippen molar-refractivity contribution in [3.8, 4) is 0 Å². The van der Waals surface area contributed by atoms with Gasteiger partial charge in [0.25, 0.3) is 5.91 Å². The largest absolute Gasteiger partial charge is 0.327 e. The Hall–Kier alpha value is -2.15. The molecule has 0 spiro atoms. The molecule has 1 aliphatic heterocycles. The van der Waals surface area contributed by atoms with Gasteiger partial charge in [-0.15, -0.1) is 0 Å². The third-order valence-corrected chi connectivity index (χ3v) is 4.20. The van der Waals surface area contributed by atoms with E-state index in [2.05, 4.69) is 31.4 Å². The number of H-pyrrole nitrogens is 1. The van der Waals surface area contributed by atoms with E-state index in [1.807, 2.05) is 12.1 Å². The molecule has 0 aliphatic carbocycles. The van der Waals surface area contributed by atoms with Crippen molar-refractivity contribution in [3.63, 3.8) is 0 Å². The molecule has 1 aliphatic rings. The van der Waals surface area contributed by atoms with E-state index < -0.39 is 6.04 Å². The maximum Gasteiger partial charge on any atom is 0.254 e. The van der Waals surface area contributed by atoms with E-state index in [-0.39, 0.29) is 11.8 Å². The molecule has 0 unspecified atom stereocenters. The highest BCUT2D eigenvalue weighted by Crippen LogP contribution is 2.22. The molecule has 1 saturated heterocycles. The molecule has 22 heavy (non-hydrogen) atoms. The van der Waals surface area contributed by atoms with Crippen LogP contribution < -0.4 is 5.32 Å². The second-order valence-electron chi connectivity index (χ2n) is 5.14. The summed E-state index contributed by atoms with van der Waals surface area (Å²) in [5, 5.41) is 9.20. The summed E-state index contributed by atoms with van der Waals surface area (Å²) in [4.78, 5) is 26.6. The third-order valence-electron chi connectivity index (χ3n) is 3.67. The Morgan fingerprint density at radius 1 is 1.32 bits per heavy atom. The summed E-state index contributed by atoms with van der Waals surface area (Å²) in [6.07, 6.45) is 4.64. The molecule has 2 N–H and O–H groups in total. The van der Waals surface area contributed by atoms with Crippen molar-refractivity contribution in [1.29, 1.82) is 0 Å². The minimum absolute atomic E-state index is 0.114. The van der Waals surface area contributed by atoms with Crippen LogP contribution in [-0.4, -0.2) is 39.5 Å². The van der Waals surface area contributed by atoms with Gasteiger partial charge < -0.3 is 10.2 Å². The van der Waals surface area contributed by atoms with Crippen LogP contribution in [0.5, 0.6) is 0 Å². The van der Waals surface area contributed by atoms with Crippen molar-refractivity contribution in [2.45, 2.75) is 18.9 Å². The number of halogens is 1. The van der Waals surface area contributed by atoms with Crippen LogP contribution in [0.25, 0.3) is 0 Å². The van der Waals surface area contributed by atoms with Gasteiger partial charge >= 0.3 is 0 Å². The first kappa shape index (κ1) is 14.8. The Labute approximate surface area is 136 Å². The van der Waals surface area contributed by atoms with Crippen molar-refractivity contribution in [3.05, 3.63) is 46.7 Å².